The minimum absolute atomic E-state index is 0. The molecular weight excluding hydrogens is 357 g/mol. The van der Waals surface area contributed by atoms with Gasteiger partial charge in [-0.2, -0.15) is 0 Å². The van der Waals surface area contributed by atoms with Crippen molar-refractivity contribution >= 4 is 35.6 Å². The molecule has 1 heterocycles. The summed E-state index contributed by atoms with van der Waals surface area (Å²) in [6.07, 6.45) is 0.839. The molecule has 7 heteroatoms. The summed E-state index contributed by atoms with van der Waals surface area (Å²) in [6.45, 7) is 3.58. The molecule has 1 aliphatic heterocycles. The van der Waals surface area contributed by atoms with Gasteiger partial charge in [-0.25, -0.2) is 4.39 Å². The number of carbonyl (C=O) groups excluding carboxylic acids is 2. The number of amides is 2. The van der Waals surface area contributed by atoms with Crippen molar-refractivity contribution in [3.63, 3.8) is 0 Å². The lowest BCUT2D eigenvalue weighted by Crippen LogP contribution is -2.21. The predicted molar refractivity (Wildman–Crippen MR) is 102 cm³/mol. The number of anilines is 2. The van der Waals surface area contributed by atoms with Gasteiger partial charge in [0, 0.05) is 24.3 Å². The first-order chi connectivity index (χ1) is 12.1. The maximum absolute atomic E-state index is 14.3. The SMILES string of the molecule is CCNCc1cccc(NC(=O)c2cc3c(cc2F)NC(=O)CC3)c1.Cl. The van der Waals surface area contributed by atoms with Gasteiger partial charge in [0.25, 0.3) is 5.91 Å². The van der Waals surface area contributed by atoms with E-state index in [0.717, 1.165) is 17.7 Å². The maximum atomic E-state index is 14.3. The third-order valence-electron chi connectivity index (χ3n) is 4.10. The van der Waals surface area contributed by atoms with Crippen molar-refractivity contribution in [1.82, 2.24) is 5.32 Å². The summed E-state index contributed by atoms with van der Waals surface area (Å²) >= 11 is 0. The van der Waals surface area contributed by atoms with E-state index < -0.39 is 11.7 Å². The van der Waals surface area contributed by atoms with Crippen LogP contribution in [0.3, 0.4) is 0 Å². The molecule has 0 saturated carbocycles. The normalized spacial score (nSPS) is 12.6. The van der Waals surface area contributed by atoms with Gasteiger partial charge < -0.3 is 16.0 Å². The van der Waals surface area contributed by atoms with E-state index in [2.05, 4.69) is 16.0 Å². The fraction of sp³-hybridized carbons (Fsp3) is 0.263. The number of hydrogen-bond donors (Lipinski definition) is 3. The van der Waals surface area contributed by atoms with E-state index in [9.17, 15) is 14.0 Å². The molecule has 138 valence electrons. The molecule has 3 rings (SSSR count). The first-order valence-electron chi connectivity index (χ1n) is 8.30. The van der Waals surface area contributed by atoms with E-state index in [4.69, 9.17) is 0 Å². The monoisotopic (exact) mass is 377 g/mol. The van der Waals surface area contributed by atoms with Crippen LogP contribution < -0.4 is 16.0 Å². The summed E-state index contributed by atoms with van der Waals surface area (Å²) in [4.78, 5) is 23.8. The first kappa shape index (κ1) is 19.9. The van der Waals surface area contributed by atoms with Crippen molar-refractivity contribution < 1.29 is 14.0 Å². The molecule has 2 aromatic rings. The fourth-order valence-corrected chi connectivity index (χ4v) is 2.80. The van der Waals surface area contributed by atoms with E-state index in [1.165, 1.54) is 12.1 Å². The maximum Gasteiger partial charge on any atom is 0.258 e. The van der Waals surface area contributed by atoms with Crippen molar-refractivity contribution in [2.45, 2.75) is 26.3 Å². The van der Waals surface area contributed by atoms with Crippen LogP contribution in [0.25, 0.3) is 0 Å². The third kappa shape index (κ3) is 4.59. The average molecular weight is 378 g/mol. The summed E-state index contributed by atoms with van der Waals surface area (Å²) in [6, 6.07) is 10.2. The molecular formula is C19H21ClFN3O2. The summed E-state index contributed by atoms with van der Waals surface area (Å²) < 4.78 is 14.3. The van der Waals surface area contributed by atoms with Crippen LogP contribution >= 0.6 is 12.4 Å². The number of halogens is 2. The lowest BCUT2D eigenvalue weighted by atomic mass is 9.99. The van der Waals surface area contributed by atoms with Crippen molar-refractivity contribution in [1.29, 1.82) is 0 Å². The minimum atomic E-state index is -0.651. The Morgan fingerprint density at radius 1 is 1.23 bits per heavy atom. The van der Waals surface area contributed by atoms with Gasteiger partial charge in [0.2, 0.25) is 5.91 Å². The molecule has 2 aromatic carbocycles. The van der Waals surface area contributed by atoms with Crippen LogP contribution in [0.4, 0.5) is 15.8 Å². The van der Waals surface area contributed by atoms with Gasteiger partial charge in [0.05, 0.1) is 5.56 Å². The zero-order valence-corrected chi connectivity index (χ0v) is 15.2. The second-order valence-corrected chi connectivity index (χ2v) is 5.97. The molecule has 0 bridgehead atoms. The first-order valence-corrected chi connectivity index (χ1v) is 8.30. The highest BCUT2D eigenvalue weighted by molar-refractivity contribution is 6.05. The number of aryl methyl sites for hydroxylation is 1. The van der Waals surface area contributed by atoms with Crippen LogP contribution in [0.2, 0.25) is 0 Å². The number of nitrogens with one attached hydrogen (secondary N) is 3. The number of benzene rings is 2. The number of carbonyl (C=O) groups is 2. The van der Waals surface area contributed by atoms with E-state index in [0.29, 0.717) is 30.8 Å². The third-order valence-corrected chi connectivity index (χ3v) is 4.10. The predicted octanol–water partition coefficient (Wildman–Crippen LogP) is 3.49. The molecule has 0 aliphatic carbocycles. The molecule has 0 atom stereocenters. The molecule has 1 aliphatic rings. The van der Waals surface area contributed by atoms with Crippen LogP contribution in [0.1, 0.15) is 34.8 Å². The van der Waals surface area contributed by atoms with E-state index in [-0.39, 0.29) is 23.9 Å². The van der Waals surface area contributed by atoms with Gasteiger partial charge in [-0.15, -0.1) is 12.4 Å². The number of hydrogen-bond acceptors (Lipinski definition) is 3. The number of fused-ring (bicyclic) bond motifs is 1. The summed E-state index contributed by atoms with van der Waals surface area (Å²) in [5, 5.41) is 8.58. The zero-order valence-electron chi connectivity index (χ0n) is 14.4. The molecule has 0 aromatic heterocycles. The van der Waals surface area contributed by atoms with Gasteiger partial charge in [-0.05, 0) is 48.4 Å². The molecule has 0 saturated heterocycles. The van der Waals surface area contributed by atoms with E-state index in [1.807, 2.05) is 25.1 Å². The summed E-state index contributed by atoms with van der Waals surface area (Å²) in [7, 11) is 0. The Kier molecular flexibility index (Phi) is 6.71. The summed E-state index contributed by atoms with van der Waals surface area (Å²) in [5.74, 6) is -1.29. The molecule has 0 spiro atoms. The molecule has 0 fully saturated rings. The van der Waals surface area contributed by atoms with Crippen LogP contribution in [-0.2, 0) is 17.8 Å². The fourth-order valence-electron chi connectivity index (χ4n) is 2.80. The van der Waals surface area contributed by atoms with Crippen LogP contribution in [0.5, 0.6) is 0 Å². The Morgan fingerprint density at radius 3 is 2.81 bits per heavy atom. The average Bonchev–Trinajstić information content (AvgIpc) is 2.59. The Balaban J connectivity index is 0.00000243. The van der Waals surface area contributed by atoms with Gasteiger partial charge in [-0.3, -0.25) is 9.59 Å². The Bertz CT molecular complexity index is 826. The lowest BCUT2D eigenvalue weighted by Gasteiger charge is -2.18. The minimum Gasteiger partial charge on any atom is -0.326 e. The molecule has 0 radical (unpaired) electrons. The second-order valence-electron chi connectivity index (χ2n) is 5.97. The largest absolute Gasteiger partial charge is 0.326 e. The Morgan fingerprint density at radius 2 is 2.04 bits per heavy atom. The highest BCUT2D eigenvalue weighted by Gasteiger charge is 2.20. The van der Waals surface area contributed by atoms with Crippen molar-refractivity contribution in [3.05, 3.63) is 58.9 Å². The lowest BCUT2D eigenvalue weighted by molar-refractivity contribution is -0.116. The van der Waals surface area contributed by atoms with Crippen molar-refractivity contribution in [3.8, 4) is 0 Å². The summed E-state index contributed by atoms with van der Waals surface area (Å²) in [5.41, 5.74) is 2.84. The molecule has 26 heavy (non-hydrogen) atoms. The standard InChI is InChI=1S/C19H20FN3O2.ClH/c1-2-21-11-12-4-3-5-14(8-12)22-19(25)15-9-13-6-7-18(24)23-17(13)10-16(15)20;/h3-5,8-10,21H,2,6-7,11H2,1H3,(H,22,25)(H,23,24);1H. The van der Waals surface area contributed by atoms with E-state index in [1.54, 1.807) is 6.07 Å². The number of rotatable bonds is 5. The molecule has 5 nitrogen and oxygen atoms in total. The van der Waals surface area contributed by atoms with Crippen molar-refractivity contribution in [2.75, 3.05) is 17.2 Å². The highest BCUT2D eigenvalue weighted by atomic mass is 35.5. The van der Waals surface area contributed by atoms with Gasteiger partial charge in [0.1, 0.15) is 5.82 Å². The Hall–Kier alpha value is -2.44. The van der Waals surface area contributed by atoms with Crippen LogP contribution in [0, 0.1) is 5.82 Å². The quantitative estimate of drug-likeness (QED) is 0.747. The highest BCUT2D eigenvalue weighted by Crippen LogP contribution is 2.26. The molecule has 2 amide bonds. The molecule has 0 unspecified atom stereocenters. The zero-order chi connectivity index (χ0) is 17.8. The molecule has 3 N–H and O–H groups in total. The smallest absolute Gasteiger partial charge is 0.258 e. The van der Waals surface area contributed by atoms with Gasteiger partial charge in [0.15, 0.2) is 0 Å². The van der Waals surface area contributed by atoms with Crippen LogP contribution in [-0.4, -0.2) is 18.4 Å². The Labute approximate surface area is 157 Å². The van der Waals surface area contributed by atoms with Crippen molar-refractivity contribution in [2.24, 2.45) is 0 Å². The van der Waals surface area contributed by atoms with Crippen LogP contribution in [0.15, 0.2) is 36.4 Å². The topological polar surface area (TPSA) is 70.2 Å². The van der Waals surface area contributed by atoms with Gasteiger partial charge >= 0.3 is 0 Å². The van der Waals surface area contributed by atoms with Gasteiger partial charge in [-0.1, -0.05) is 19.1 Å². The van der Waals surface area contributed by atoms with E-state index >= 15 is 0 Å². The second kappa shape index (κ2) is 8.78.